The van der Waals surface area contributed by atoms with Crippen molar-refractivity contribution in [2.45, 2.75) is 0 Å². The van der Waals surface area contributed by atoms with Crippen LogP contribution in [-0.4, -0.2) is 15.2 Å². The largest absolute Gasteiger partial charge is 0.454 e. The van der Waals surface area contributed by atoms with Gasteiger partial charge in [-0.05, 0) is 17.5 Å². The Hall–Kier alpha value is -3.27. The molecule has 0 radical (unpaired) electrons. The molecule has 0 bridgehead atoms. The maximum absolute atomic E-state index is 6.04. The third kappa shape index (κ3) is 1.75. The summed E-state index contributed by atoms with van der Waals surface area (Å²) in [7, 11) is 0. The predicted octanol–water partition coefficient (Wildman–Crippen LogP) is 4.59. The van der Waals surface area contributed by atoms with Crippen molar-refractivity contribution in [3.05, 3.63) is 67.0 Å². The van der Waals surface area contributed by atoms with Crippen LogP contribution in [0.5, 0.6) is 0 Å². The molecule has 5 rings (SSSR count). The lowest BCUT2D eigenvalue weighted by Crippen LogP contribution is -1.91. The molecule has 0 fully saturated rings. The zero-order valence-corrected chi connectivity index (χ0v) is 12.1. The van der Waals surface area contributed by atoms with Gasteiger partial charge in [0.25, 0.3) is 0 Å². The molecule has 0 atom stereocenters. The highest BCUT2D eigenvalue weighted by Crippen LogP contribution is 2.35. The van der Waals surface area contributed by atoms with E-state index in [-0.39, 0.29) is 0 Å². The Kier molecular flexibility index (Phi) is 2.46. The number of fused-ring (bicyclic) bond motifs is 4. The van der Waals surface area contributed by atoms with Gasteiger partial charge in [-0.3, -0.25) is 4.98 Å². The Morgan fingerprint density at radius 1 is 0.739 bits per heavy atom. The molecule has 4 heteroatoms. The molecular weight excluding hydrogens is 286 g/mol. The number of nitrogens with zero attached hydrogens (tertiary/aromatic N) is 3. The molecule has 23 heavy (non-hydrogen) atoms. The molecule has 5 aromatic rings. The Morgan fingerprint density at radius 3 is 2.52 bits per heavy atom. The van der Waals surface area contributed by atoms with Crippen molar-refractivity contribution in [1.82, 2.24) is 15.2 Å². The molecule has 0 aliphatic heterocycles. The van der Waals surface area contributed by atoms with Gasteiger partial charge in [-0.15, -0.1) is 5.10 Å². The average molecular weight is 297 g/mol. The van der Waals surface area contributed by atoms with Crippen molar-refractivity contribution in [1.29, 1.82) is 0 Å². The third-order valence-corrected chi connectivity index (χ3v) is 4.09. The summed E-state index contributed by atoms with van der Waals surface area (Å²) in [6.45, 7) is 0. The molecule has 3 aromatic heterocycles. The highest BCUT2D eigenvalue weighted by molar-refractivity contribution is 6.09. The van der Waals surface area contributed by atoms with Gasteiger partial charge < -0.3 is 4.42 Å². The molecule has 3 heterocycles. The number of pyridine rings is 1. The summed E-state index contributed by atoms with van der Waals surface area (Å²) in [5, 5.41) is 12.6. The minimum atomic E-state index is 0.676. The van der Waals surface area contributed by atoms with Crippen LogP contribution < -0.4 is 0 Å². The first-order valence-electron chi connectivity index (χ1n) is 7.39. The zero-order chi connectivity index (χ0) is 15.2. The van der Waals surface area contributed by atoms with Crippen molar-refractivity contribution < 1.29 is 4.42 Å². The molecule has 0 N–H and O–H groups in total. The monoisotopic (exact) mass is 297 g/mol. The van der Waals surface area contributed by atoms with Gasteiger partial charge in [0.1, 0.15) is 11.3 Å². The topological polar surface area (TPSA) is 51.8 Å². The summed E-state index contributed by atoms with van der Waals surface area (Å²) in [6.07, 6.45) is 3.54. The number of rotatable bonds is 1. The minimum absolute atomic E-state index is 0.676. The van der Waals surface area contributed by atoms with Crippen LogP contribution in [0.1, 0.15) is 0 Å². The standard InChI is InChI=1S/C19H11N3O/c1-2-6-13-12(5-1)9-10-20-17(13)18-19-15(11-21-22-18)14-7-3-4-8-16(14)23-19/h1-11H. The molecule has 0 aliphatic carbocycles. The Morgan fingerprint density at radius 2 is 1.57 bits per heavy atom. The molecule has 108 valence electrons. The second-order valence-corrected chi connectivity index (χ2v) is 5.41. The van der Waals surface area contributed by atoms with Gasteiger partial charge in [0.05, 0.1) is 11.6 Å². The molecule has 0 spiro atoms. The minimum Gasteiger partial charge on any atom is -0.454 e. The van der Waals surface area contributed by atoms with E-state index in [9.17, 15) is 0 Å². The van der Waals surface area contributed by atoms with E-state index in [4.69, 9.17) is 4.42 Å². The number of furan rings is 1. The lowest BCUT2D eigenvalue weighted by atomic mass is 10.1. The first-order valence-corrected chi connectivity index (χ1v) is 7.39. The van der Waals surface area contributed by atoms with Gasteiger partial charge in [0, 0.05) is 17.0 Å². The van der Waals surface area contributed by atoms with Crippen LogP contribution in [0.15, 0.2) is 71.4 Å². The normalized spacial score (nSPS) is 11.5. The van der Waals surface area contributed by atoms with Gasteiger partial charge in [-0.1, -0.05) is 42.5 Å². The van der Waals surface area contributed by atoms with Crippen molar-refractivity contribution in [2.24, 2.45) is 0 Å². The molecule has 0 saturated heterocycles. The van der Waals surface area contributed by atoms with Crippen LogP contribution >= 0.6 is 0 Å². The Balaban J connectivity index is 1.93. The molecule has 0 saturated carbocycles. The Bertz CT molecular complexity index is 1170. The lowest BCUT2D eigenvalue weighted by molar-refractivity contribution is 0.666. The summed E-state index contributed by atoms with van der Waals surface area (Å²) in [5.41, 5.74) is 3.03. The van der Waals surface area contributed by atoms with Crippen LogP contribution in [0.3, 0.4) is 0 Å². The third-order valence-electron chi connectivity index (χ3n) is 4.09. The van der Waals surface area contributed by atoms with E-state index in [0.717, 1.165) is 38.4 Å². The molecule has 4 nitrogen and oxygen atoms in total. The molecule has 0 amide bonds. The number of hydrogen-bond donors (Lipinski definition) is 0. The summed E-state index contributed by atoms with van der Waals surface area (Å²) in [4.78, 5) is 4.53. The first-order chi connectivity index (χ1) is 11.4. The van der Waals surface area contributed by atoms with Gasteiger partial charge in [0.15, 0.2) is 11.3 Å². The van der Waals surface area contributed by atoms with Gasteiger partial charge in [-0.2, -0.15) is 5.10 Å². The smallest absolute Gasteiger partial charge is 0.166 e. The van der Waals surface area contributed by atoms with Gasteiger partial charge in [0.2, 0.25) is 0 Å². The second kappa shape index (κ2) is 4.61. The number of benzene rings is 2. The maximum Gasteiger partial charge on any atom is 0.166 e. The quantitative estimate of drug-likeness (QED) is 0.454. The summed E-state index contributed by atoms with van der Waals surface area (Å²) < 4.78 is 6.04. The van der Waals surface area contributed by atoms with Crippen LogP contribution in [0.2, 0.25) is 0 Å². The Labute approximate surface area is 131 Å². The fourth-order valence-corrected chi connectivity index (χ4v) is 3.02. The van der Waals surface area contributed by atoms with Crippen molar-refractivity contribution in [2.75, 3.05) is 0 Å². The first kappa shape index (κ1) is 12.3. The average Bonchev–Trinajstić information content (AvgIpc) is 3.00. The number of para-hydroxylation sites is 1. The van der Waals surface area contributed by atoms with Crippen molar-refractivity contribution in [3.8, 4) is 11.4 Å². The SMILES string of the molecule is c1ccc2c(-c3nncc4c3oc3ccccc34)nccc2c1. The second-order valence-electron chi connectivity index (χ2n) is 5.41. The van der Waals surface area contributed by atoms with E-state index in [1.807, 2.05) is 48.5 Å². The van der Waals surface area contributed by atoms with E-state index in [0.29, 0.717) is 5.69 Å². The summed E-state index contributed by atoms with van der Waals surface area (Å²) >= 11 is 0. The fourth-order valence-electron chi connectivity index (χ4n) is 3.02. The van der Waals surface area contributed by atoms with Gasteiger partial charge >= 0.3 is 0 Å². The zero-order valence-electron chi connectivity index (χ0n) is 12.1. The summed E-state index contributed by atoms with van der Waals surface area (Å²) in [6, 6.07) is 18.0. The van der Waals surface area contributed by atoms with Crippen LogP contribution in [-0.2, 0) is 0 Å². The molecule has 0 unspecified atom stereocenters. The van der Waals surface area contributed by atoms with Crippen molar-refractivity contribution in [3.63, 3.8) is 0 Å². The van der Waals surface area contributed by atoms with E-state index in [1.54, 1.807) is 12.4 Å². The van der Waals surface area contributed by atoms with E-state index >= 15 is 0 Å². The number of aromatic nitrogens is 3. The molecular formula is C19H11N3O. The molecule has 0 aliphatic rings. The summed E-state index contributed by atoms with van der Waals surface area (Å²) in [5.74, 6) is 0. The number of hydrogen-bond acceptors (Lipinski definition) is 4. The maximum atomic E-state index is 6.04. The lowest BCUT2D eigenvalue weighted by Gasteiger charge is -2.04. The van der Waals surface area contributed by atoms with Crippen molar-refractivity contribution >= 4 is 32.7 Å². The van der Waals surface area contributed by atoms with E-state index in [2.05, 4.69) is 21.2 Å². The van der Waals surface area contributed by atoms with Crippen LogP contribution in [0.25, 0.3) is 44.1 Å². The van der Waals surface area contributed by atoms with E-state index in [1.165, 1.54) is 0 Å². The predicted molar refractivity (Wildman–Crippen MR) is 90.0 cm³/mol. The van der Waals surface area contributed by atoms with E-state index < -0.39 is 0 Å². The highest BCUT2D eigenvalue weighted by atomic mass is 16.3. The van der Waals surface area contributed by atoms with Crippen LogP contribution in [0, 0.1) is 0 Å². The molecule has 2 aromatic carbocycles. The highest BCUT2D eigenvalue weighted by Gasteiger charge is 2.16. The van der Waals surface area contributed by atoms with Crippen LogP contribution in [0.4, 0.5) is 0 Å². The van der Waals surface area contributed by atoms with Gasteiger partial charge in [-0.25, -0.2) is 0 Å². The fraction of sp³-hybridized carbons (Fsp3) is 0.